The van der Waals surface area contributed by atoms with Crippen LogP contribution in [0.1, 0.15) is 46.5 Å². The SMILES string of the molecule is CC(=O)[C@]1(C)[C@H]2[C@@H]3[C@H]4[C@H]1[C@@H]1CC[C@@H]5O[C@@H]6O[C@H]7CC[C@@H]([C@@H]27)[C@H]3[C@@]6(C)[C@H]4[C@H]15. The Labute approximate surface area is 155 Å². The Bertz CT molecular complexity index is 763. The van der Waals surface area contributed by atoms with Crippen molar-refractivity contribution in [2.75, 3.05) is 0 Å². The first-order chi connectivity index (χ1) is 12.5. The Kier molecular flexibility index (Phi) is 2.16. The predicted octanol–water partition coefficient (Wildman–Crippen LogP) is 3.52. The van der Waals surface area contributed by atoms with E-state index in [9.17, 15) is 4.79 Å². The van der Waals surface area contributed by atoms with Gasteiger partial charge in [0.2, 0.25) is 0 Å². The van der Waals surface area contributed by atoms with Crippen molar-refractivity contribution in [3.05, 3.63) is 0 Å². The summed E-state index contributed by atoms with van der Waals surface area (Å²) in [5.41, 5.74) is 0.128. The molecule has 0 amide bonds. The zero-order valence-electron chi connectivity index (χ0n) is 16.1. The second-order valence-electron chi connectivity index (χ2n) is 11.8. The highest BCUT2D eigenvalue weighted by Gasteiger charge is 2.87. The molecule has 0 aromatic carbocycles. The summed E-state index contributed by atoms with van der Waals surface area (Å²) in [7, 11) is 0. The fourth-order valence-corrected chi connectivity index (χ4v) is 11.9. The lowest BCUT2D eigenvalue weighted by Crippen LogP contribution is -2.55. The summed E-state index contributed by atoms with van der Waals surface area (Å²) in [6, 6.07) is 0. The molecule has 2 heterocycles. The molecule has 3 nitrogen and oxygen atoms in total. The van der Waals surface area contributed by atoms with Crippen LogP contribution in [0.15, 0.2) is 0 Å². The number of ketones is 1. The topological polar surface area (TPSA) is 35.5 Å². The van der Waals surface area contributed by atoms with E-state index in [1.165, 1.54) is 25.7 Å². The van der Waals surface area contributed by atoms with Gasteiger partial charge in [0.05, 0.1) is 12.2 Å². The summed E-state index contributed by atoms with van der Waals surface area (Å²) in [6.07, 6.45) is 5.85. The van der Waals surface area contributed by atoms with Gasteiger partial charge in [-0.1, -0.05) is 13.8 Å². The van der Waals surface area contributed by atoms with Crippen LogP contribution >= 0.6 is 0 Å². The van der Waals surface area contributed by atoms with Crippen molar-refractivity contribution in [1.29, 1.82) is 0 Å². The lowest BCUT2D eigenvalue weighted by molar-refractivity contribution is -0.302. The smallest absolute Gasteiger partial charge is 0.164 e. The van der Waals surface area contributed by atoms with E-state index < -0.39 is 0 Å². The van der Waals surface area contributed by atoms with Crippen LogP contribution in [0.5, 0.6) is 0 Å². The maximum Gasteiger partial charge on any atom is 0.164 e. The molecule has 26 heavy (non-hydrogen) atoms. The van der Waals surface area contributed by atoms with Gasteiger partial charge < -0.3 is 9.47 Å². The average molecular weight is 354 g/mol. The second kappa shape index (κ2) is 3.85. The van der Waals surface area contributed by atoms with Crippen LogP contribution < -0.4 is 0 Å². The molecule has 8 rings (SSSR count). The van der Waals surface area contributed by atoms with E-state index in [0.29, 0.717) is 35.7 Å². The van der Waals surface area contributed by atoms with Crippen LogP contribution in [-0.4, -0.2) is 24.3 Å². The molecule has 140 valence electrons. The molecule has 15 atom stereocenters. The van der Waals surface area contributed by atoms with Crippen LogP contribution in [-0.2, 0) is 14.3 Å². The van der Waals surface area contributed by atoms with Crippen molar-refractivity contribution in [1.82, 2.24) is 0 Å². The van der Waals surface area contributed by atoms with Crippen LogP contribution in [0, 0.1) is 70.0 Å². The van der Waals surface area contributed by atoms with Gasteiger partial charge in [0, 0.05) is 10.8 Å². The molecular formula is C23H30O3. The highest BCUT2D eigenvalue weighted by Crippen LogP contribution is 2.87. The molecule has 6 saturated carbocycles. The van der Waals surface area contributed by atoms with Crippen molar-refractivity contribution < 1.29 is 14.3 Å². The van der Waals surface area contributed by atoms with Gasteiger partial charge in [0.15, 0.2) is 6.29 Å². The highest BCUT2D eigenvalue weighted by atomic mass is 16.7. The first kappa shape index (κ1) is 14.6. The van der Waals surface area contributed by atoms with Gasteiger partial charge in [-0.15, -0.1) is 0 Å². The molecule has 0 unspecified atom stereocenters. The van der Waals surface area contributed by atoms with Crippen molar-refractivity contribution in [3.8, 4) is 0 Å². The minimum absolute atomic E-state index is 0.0455. The third kappa shape index (κ3) is 1.08. The molecule has 2 aliphatic heterocycles. The number of ether oxygens (including phenoxy) is 2. The zero-order chi connectivity index (χ0) is 17.3. The zero-order valence-corrected chi connectivity index (χ0v) is 16.1. The van der Waals surface area contributed by atoms with E-state index >= 15 is 0 Å². The van der Waals surface area contributed by atoms with E-state index in [2.05, 4.69) is 13.8 Å². The summed E-state index contributed by atoms with van der Waals surface area (Å²) in [5.74, 6) is 7.74. The maximum atomic E-state index is 13.3. The quantitative estimate of drug-likeness (QED) is 0.723. The van der Waals surface area contributed by atoms with E-state index in [1.807, 2.05) is 6.92 Å². The molecule has 6 aliphatic carbocycles. The standard InChI is InChI=1S/C23H30O3/c1-8(24)22(2)17-9-4-6-12-14(9)20-15(17)16-18-10-5-7-11(13(10)19(16)22)25-21(26-12)23(18,20)3/h9-21H,4-7H2,1-3H3/t9-,10+,11+,12+,13-,14-,15+,16-,17-,18-,19-,20+,21+,22+,23+/m1/s1. The van der Waals surface area contributed by atoms with Crippen LogP contribution in [0.4, 0.5) is 0 Å². The number of hydrogen-bond acceptors (Lipinski definition) is 3. The number of carbonyl (C=O) groups is 1. The van der Waals surface area contributed by atoms with E-state index in [1.54, 1.807) is 0 Å². The Hall–Kier alpha value is -0.410. The molecule has 3 heteroatoms. The molecule has 0 aromatic heterocycles. The van der Waals surface area contributed by atoms with Gasteiger partial charge in [-0.05, 0) is 91.8 Å². The molecular weight excluding hydrogens is 324 g/mol. The fourth-order valence-electron chi connectivity index (χ4n) is 11.9. The predicted molar refractivity (Wildman–Crippen MR) is 93.8 cm³/mol. The van der Waals surface area contributed by atoms with Gasteiger partial charge in [-0.3, -0.25) is 4.79 Å². The monoisotopic (exact) mass is 354 g/mol. The molecule has 2 saturated heterocycles. The Balaban J connectivity index is 1.47. The van der Waals surface area contributed by atoms with E-state index in [4.69, 9.17) is 9.47 Å². The molecule has 0 spiro atoms. The summed E-state index contributed by atoms with van der Waals surface area (Å²) in [5, 5.41) is 0. The lowest BCUT2D eigenvalue weighted by atomic mass is 9.62. The minimum Gasteiger partial charge on any atom is -0.349 e. The van der Waals surface area contributed by atoms with Gasteiger partial charge in [-0.2, -0.15) is 0 Å². The first-order valence-corrected chi connectivity index (χ1v) is 11.3. The molecule has 0 aromatic rings. The number of Topliss-reactive ketones (excluding diaryl/α,β-unsaturated/α-hetero) is 1. The van der Waals surface area contributed by atoms with Crippen molar-refractivity contribution in [2.45, 2.75) is 65.0 Å². The summed E-state index contributed by atoms with van der Waals surface area (Å²) >= 11 is 0. The minimum atomic E-state index is -0.0932. The van der Waals surface area contributed by atoms with Gasteiger partial charge in [-0.25, -0.2) is 0 Å². The first-order valence-electron chi connectivity index (χ1n) is 11.3. The van der Waals surface area contributed by atoms with Crippen LogP contribution in [0.25, 0.3) is 0 Å². The molecule has 8 fully saturated rings. The van der Waals surface area contributed by atoms with Gasteiger partial charge in [0.1, 0.15) is 5.78 Å². The second-order valence-corrected chi connectivity index (χ2v) is 11.8. The third-order valence-electron chi connectivity index (χ3n) is 12.0. The van der Waals surface area contributed by atoms with Gasteiger partial charge >= 0.3 is 0 Å². The average Bonchev–Trinajstić information content (AvgIpc) is 3.32. The normalized spacial score (nSPS) is 75.4. The van der Waals surface area contributed by atoms with E-state index in [-0.39, 0.29) is 17.1 Å². The molecule has 8 aliphatic rings. The van der Waals surface area contributed by atoms with Crippen molar-refractivity contribution >= 4 is 5.78 Å². The summed E-state index contributed by atoms with van der Waals surface area (Å²) in [6.45, 7) is 6.89. The Morgan fingerprint density at radius 1 is 0.769 bits per heavy atom. The summed E-state index contributed by atoms with van der Waals surface area (Å²) in [4.78, 5) is 13.3. The lowest BCUT2D eigenvalue weighted by Gasteiger charge is -2.52. The maximum absolute atomic E-state index is 13.3. The van der Waals surface area contributed by atoms with Crippen molar-refractivity contribution in [2.24, 2.45) is 70.0 Å². The Morgan fingerprint density at radius 3 is 2.00 bits per heavy atom. The highest BCUT2D eigenvalue weighted by molar-refractivity contribution is 5.84. The number of hydrogen-bond donors (Lipinski definition) is 0. The fraction of sp³-hybridized carbons (Fsp3) is 0.957. The van der Waals surface area contributed by atoms with Crippen LogP contribution in [0.2, 0.25) is 0 Å². The Morgan fingerprint density at radius 2 is 1.35 bits per heavy atom. The van der Waals surface area contributed by atoms with Gasteiger partial charge in [0.25, 0.3) is 0 Å². The number of carbonyl (C=O) groups excluding carboxylic acids is 1. The number of fused-ring (bicyclic) bond motifs is 1. The molecule has 0 N–H and O–H groups in total. The van der Waals surface area contributed by atoms with Crippen molar-refractivity contribution in [3.63, 3.8) is 0 Å². The molecule has 0 radical (unpaired) electrons. The largest absolute Gasteiger partial charge is 0.349 e. The summed E-state index contributed by atoms with van der Waals surface area (Å²) < 4.78 is 13.6. The number of rotatable bonds is 1. The van der Waals surface area contributed by atoms with Crippen LogP contribution in [0.3, 0.4) is 0 Å². The molecule has 4 bridgehead atoms. The third-order valence-corrected chi connectivity index (χ3v) is 12.0. The van der Waals surface area contributed by atoms with E-state index in [0.717, 1.165) is 41.4 Å².